The number of rotatable bonds is 26. The van der Waals surface area contributed by atoms with E-state index < -0.39 is 0 Å². The molecule has 0 spiro atoms. The Bertz CT molecular complexity index is 445. The monoisotopic (exact) mass is 720 g/mol. The number of ether oxygens (including phenoxy) is 2. The van der Waals surface area contributed by atoms with E-state index in [1.807, 2.05) is 0 Å². The average molecular weight is 721 g/mol. The molecule has 0 saturated carbocycles. The first-order valence-corrected chi connectivity index (χ1v) is 17.1. The summed E-state index contributed by atoms with van der Waals surface area (Å²) in [7, 11) is 0. The van der Waals surface area contributed by atoms with Gasteiger partial charge in [-0.2, -0.15) is 0 Å². The zero-order valence-corrected chi connectivity index (χ0v) is 27.1. The van der Waals surface area contributed by atoms with Gasteiger partial charge in [-0.15, -0.1) is 0 Å². The molecule has 2 atom stereocenters. The lowest BCUT2D eigenvalue weighted by Crippen LogP contribution is -2.11. The van der Waals surface area contributed by atoms with Gasteiger partial charge in [-0.1, -0.05) is 155 Å². The van der Waals surface area contributed by atoms with E-state index in [-0.39, 0.29) is 11.9 Å². The molecule has 0 aliphatic carbocycles. The van der Waals surface area contributed by atoms with Gasteiger partial charge < -0.3 is 9.47 Å². The maximum atomic E-state index is 11.6. The van der Waals surface area contributed by atoms with Gasteiger partial charge in [0.05, 0.1) is 26.1 Å². The Kier molecular flexibility index (Phi) is 27.7. The summed E-state index contributed by atoms with van der Waals surface area (Å²) >= 11 is 4.64. The summed E-state index contributed by atoms with van der Waals surface area (Å²) in [5, 5.41) is 0. The second kappa shape index (κ2) is 27.4. The first-order valence-electron chi connectivity index (χ1n) is 14.6. The van der Waals surface area contributed by atoms with Crippen LogP contribution in [-0.4, -0.2) is 33.0 Å². The van der Waals surface area contributed by atoms with Gasteiger partial charge >= 0.3 is 11.9 Å². The molecule has 0 rings (SSSR count). The second-order valence-electron chi connectivity index (χ2n) is 9.87. The predicted octanol–water partition coefficient (Wildman–Crippen LogP) is 9.91. The Labute approximate surface area is 244 Å². The maximum Gasteiger partial charge on any atom is 0.306 e. The average Bonchev–Trinajstić information content (AvgIpc) is 2.84. The second-order valence-corrected chi connectivity index (χ2v) is 13.4. The molecule has 0 fully saturated rings. The molecule has 0 saturated heterocycles. The van der Waals surface area contributed by atoms with E-state index in [2.05, 4.69) is 59.0 Å². The van der Waals surface area contributed by atoms with Gasteiger partial charge in [0.15, 0.2) is 0 Å². The molecule has 0 amide bonds. The van der Waals surface area contributed by atoms with Gasteiger partial charge in [0.25, 0.3) is 0 Å². The zero-order valence-electron chi connectivity index (χ0n) is 22.8. The third kappa shape index (κ3) is 27.3. The molecule has 35 heavy (non-hydrogen) atoms. The SMILES string of the molecule is CCC(I)CC(=O)OCCCCCCCCCCCCCCCCCCCOC(=O)CC(I)CC. The highest BCUT2D eigenvalue weighted by Crippen LogP contribution is 2.15. The summed E-state index contributed by atoms with van der Waals surface area (Å²) in [5.74, 6) is -0.0652. The van der Waals surface area contributed by atoms with E-state index >= 15 is 0 Å². The van der Waals surface area contributed by atoms with E-state index in [9.17, 15) is 9.59 Å². The van der Waals surface area contributed by atoms with Crippen molar-refractivity contribution in [3.63, 3.8) is 0 Å². The molecular weight excluding hydrogens is 666 g/mol. The fourth-order valence-electron chi connectivity index (χ4n) is 4.00. The van der Waals surface area contributed by atoms with Gasteiger partial charge in [-0.3, -0.25) is 9.59 Å². The summed E-state index contributed by atoms with van der Waals surface area (Å²) in [5.41, 5.74) is 0. The third-order valence-electron chi connectivity index (χ3n) is 6.48. The summed E-state index contributed by atoms with van der Waals surface area (Å²) in [6, 6.07) is 0. The molecule has 0 heterocycles. The van der Waals surface area contributed by atoms with Crippen LogP contribution in [0.2, 0.25) is 0 Å². The largest absolute Gasteiger partial charge is 0.466 e. The quantitative estimate of drug-likeness (QED) is 0.0387. The molecule has 208 valence electrons. The van der Waals surface area contributed by atoms with Crippen molar-refractivity contribution < 1.29 is 19.1 Å². The lowest BCUT2D eigenvalue weighted by atomic mass is 10.0. The Morgan fingerprint density at radius 1 is 0.486 bits per heavy atom. The van der Waals surface area contributed by atoms with Crippen LogP contribution in [0.1, 0.15) is 149 Å². The number of alkyl halides is 2. The lowest BCUT2D eigenvalue weighted by molar-refractivity contribution is -0.144. The third-order valence-corrected chi connectivity index (χ3v) is 9.12. The molecule has 0 aromatic carbocycles. The van der Waals surface area contributed by atoms with Crippen LogP contribution in [0.3, 0.4) is 0 Å². The first kappa shape index (κ1) is 35.4. The summed E-state index contributed by atoms with van der Waals surface area (Å²) in [4.78, 5) is 23.2. The molecule has 0 aliphatic heterocycles. The molecule has 0 radical (unpaired) electrons. The van der Waals surface area contributed by atoms with Crippen LogP contribution >= 0.6 is 45.2 Å². The van der Waals surface area contributed by atoms with E-state index in [1.165, 1.54) is 96.3 Å². The van der Waals surface area contributed by atoms with Crippen LogP contribution in [0.4, 0.5) is 0 Å². The molecule has 0 aromatic heterocycles. The van der Waals surface area contributed by atoms with Gasteiger partial charge in [-0.05, 0) is 25.7 Å². The number of carbonyl (C=O) groups is 2. The molecule has 0 N–H and O–H groups in total. The number of carbonyl (C=O) groups excluding carboxylic acids is 2. The molecule has 2 unspecified atom stereocenters. The topological polar surface area (TPSA) is 52.6 Å². The van der Waals surface area contributed by atoms with E-state index in [4.69, 9.17) is 9.47 Å². The smallest absolute Gasteiger partial charge is 0.306 e. The van der Waals surface area contributed by atoms with Crippen molar-refractivity contribution in [2.24, 2.45) is 0 Å². The minimum Gasteiger partial charge on any atom is -0.466 e. The Morgan fingerprint density at radius 3 is 0.943 bits per heavy atom. The van der Waals surface area contributed by atoms with E-state index in [1.54, 1.807) is 0 Å². The predicted molar refractivity (Wildman–Crippen MR) is 166 cm³/mol. The van der Waals surface area contributed by atoms with Crippen LogP contribution in [0.25, 0.3) is 0 Å². The van der Waals surface area contributed by atoms with Crippen molar-refractivity contribution in [2.75, 3.05) is 13.2 Å². The Hall–Kier alpha value is 0.400. The van der Waals surface area contributed by atoms with Crippen molar-refractivity contribution >= 4 is 57.1 Å². The Balaban J connectivity index is 3.17. The van der Waals surface area contributed by atoms with Crippen LogP contribution in [0, 0.1) is 0 Å². The lowest BCUT2D eigenvalue weighted by Gasteiger charge is -2.07. The summed E-state index contributed by atoms with van der Waals surface area (Å²) in [6.07, 6.45) is 25.1. The molecule has 6 heteroatoms. The number of halogens is 2. The zero-order chi connectivity index (χ0) is 26.0. The molecule has 0 aliphatic rings. The van der Waals surface area contributed by atoms with Crippen LogP contribution in [0.5, 0.6) is 0 Å². The number of hydrogen-bond acceptors (Lipinski definition) is 4. The summed E-state index contributed by atoms with van der Waals surface area (Å²) < 4.78 is 11.4. The Morgan fingerprint density at radius 2 is 0.714 bits per heavy atom. The molecular formula is C29H54I2O4. The van der Waals surface area contributed by atoms with Crippen molar-refractivity contribution in [3.05, 3.63) is 0 Å². The van der Waals surface area contributed by atoms with Gasteiger partial charge in [0.1, 0.15) is 0 Å². The van der Waals surface area contributed by atoms with Crippen LogP contribution in [-0.2, 0) is 19.1 Å². The van der Waals surface area contributed by atoms with Crippen molar-refractivity contribution in [1.29, 1.82) is 0 Å². The van der Waals surface area contributed by atoms with Crippen LogP contribution in [0.15, 0.2) is 0 Å². The molecule has 0 bridgehead atoms. The van der Waals surface area contributed by atoms with Gasteiger partial charge in [0, 0.05) is 7.85 Å². The van der Waals surface area contributed by atoms with Gasteiger partial charge in [0.2, 0.25) is 0 Å². The van der Waals surface area contributed by atoms with Gasteiger partial charge in [-0.25, -0.2) is 0 Å². The van der Waals surface area contributed by atoms with E-state index in [0.717, 1.165) is 25.7 Å². The standard InChI is InChI=1S/C29H54I2O4/c1-3-26(30)24-28(32)34-22-20-18-16-14-12-10-8-6-5-7-9-11-13-15-17-19-21-23-35-29(33)25-27(31)4-2/h26-27H,3-25H2,1-2H3. The number of unbranched alkanes of at least 4 members (excludes halogenated alkanes) is 16. The highest BCUT2D eigenvalue weighted by atomic mass is 127. The molecule has 4 nitrogen and oxygen atoms in total. The normalized spacial score (nSPS) is 12.9. The highest BCUT2D eigenvalue weighted by molar-refractivity contribution is 14.1. The minimum absolute atomic E-state index is 0.0326. The number of hydrogen-bond donors (Lipinski definition) is 0. The van der Waals surface area contributed by atoms with Crippen molar-refractivity contribution in [2.45, 2.75) is 157 Å². The fraction of sp³-hybridized carbons (Fsp3) is 0.931. The maximum absolute atomic E-state index is 11.6. The fourth-order valence-corrected chi connectivity index (χ4v) is 4.72. The van der Waals surface area contributed by atoms with Crippen molar-refractivity contribution in [3.8, 4) is 0 Å². The summed E-state index contributed by atoms with van der Waals surface area (Å²) in [6.45, 7) is 5.41. The minimum atomic E-state index is -0.0326. The first-order chi connectivity index (χ1) is 17.0. The molecule has 0 aromatic rings. The highest BCUT2D eigenvalue weighted by Gasteiger charge is 2.10. The van der Waals surface area contributed by atoms with Crippen molar-refractivity contribution in [1.82, 2.24) is 0 Å². The number of esters is 2. The van der Waals surface area contributed by atoms with Crippen LogP contribution < -0.4 is 0 Å². The van der Waals surface area contributed by atoms with E-state index in [0.29, 0.717) is 33.9 Å².